The topological polar surface area (TPSA) is 80.4 Å². The van der Waals surface area contributed by atoms with Crippen molar-refractivity contribution < 1.29 is 17.9 Å². The van der Waals surface area contributed by atoms with Crippen molar-refractivity contribution in [1.82, 2.24) is 19.9 Å². The van der Waals surface area contributed by atoms with Crippen molar-refractivity contribution in [2.24, 2.45) is 11.8 Å². The van der Waals surface area contributed by atoms with Crippen LogP contribution in [0.1, 0.15) is 46.0 Å². The highest BCUT2D eigenvalue weighted by Crippen LogP contribution is 2.44. The standard InChI is InChI=1S/C31H34ClF3N6OS/c1-16-4-5-17(2)13-40(12-16)28-20-10-21(32)23(19-6-7-22(34)27-26(19)37-29(36)43-27)24(35)25(20)38-30(39-28)42-15-31-8-3-9-41(31)14-18(33)11-31/h6-7,10,16-18H,3-5,8-9,11-15H2,1-2H3,(H2,36,37)/t16?,17?,18-,31+/m1/s1. The van der Waals surface area contributed by atoms with Crippen LogP contribution in [-0.2, 0) is 0 Å². The van der Waals surface area contributed by atoms with Crippen LogP contribution in [0.3, 0.4) is 0 Å². The van der Waals surface area contributed by atoms with E-state index in [-0.39, 0.29) is 44.1 Å². The van der Waals surface area contributed by atoms with Gasteiger partial charge in [0.25, 0.3) is 0 Å². The highest BCUT2D eigenvalue weighted by Gasteiger charge is 2.49. The van der Waals surface area contributed by atoms with Crippen LogP contribution in [0.5, 0.6) is 6.01 Å². The van der Waals surface area contributed by atoms with Gasteiger partial charge in [-0.05, 0) is 62.3 Å². The van der Waals surface area contributed by atoms with Crippen molar-refractivity contribution >= 4 is 55.0 Å². The lowest BCUT2D eigenvalue weighted by Crippen LogP contribution is -2.43. The molecule has 2 unspecified atom stereocenters. The average Bonchev–Trinajstić information content (AvgIpc) is 3.59. The molecule has 3 fully saturated rings. The Labute approximate surface area is 257 Å². The SMILES string of the molecule is CC1CCC(C)CN(c2nc(OC[C@@]34CCCN3C[C@H](F)C4)nc3c(F)c(-c4ccc(F)c5sc(N)nc45)c(Cl)cc23)C1. The van der Waals surface area contributed by atoms with Gasteiger partial charge in [-0.15, -0.1) is 0 Å². The normalized spacial score (nSPS) is 26.4. The molecule has 3 aliphatic rings. The quantitative estimate of drug-likeness (QED) is 0.249. The number of aromatic nitrogens is 3. The molecule has 5 heterocycles. The highest BCUT2D eigenvalue weighted by atomic mass is 35.5. The fourth-order valence-electron chi connectivity index (χ4n) is 7.31. The Morgan fingerprint density at radius 1 is 1.09 bits per heavy atom. The average molecular weight is 631 g/mol. The fourth-order valence-corrected chi connectivity index (χ4v) is 8.36. The molecule has 228 valence electrons. The number of hydrogen-bond acceptors (Lipinski definition) is 8. The summed E-state index contributed by atoms with van der Waals surface area (Å²) in [6, 6.07) is 4.46. The minimum atomic E-state index is -0.897. The van der Waals surface area contributed by atoms with Crippen molar-refractivity contribution in [3.63, 3.8) is 0 Å². The van der Waals surface area contributed by atoms with Gasteiger partial charge in [0.15, 0.2) is 10.9 Å². The van der Waals surface area contributed by atoms with E-state index in [9.17, 15) is 8.78 Å². The molecule has 0 spiro atoms. The fraction of sp³-hybridized carbons (Fsp3) is 0.516. The number of nitrogens with zero attached hydrogens (tertiary/aromatic N) is 5. The van der Waals surface area contributed by atoms with Crippen molar-refractivity contribution in [1.29, 1.82) is 0 Å². The molecule has 7 rings (SSSR count). The van der Waals surface area contributed by atoms with E-state index in [4.69, 9.17) is 27.1 Å². The molecule has 0 amide bonds. The van der Waals surface area contributed by atoms with Gasteiger partial charge in [-0.1, -0.05) is 36.8 Å². The molecule has 2 aromatic carbocycles. The zero-order valence-corrected chi connectivity index (χ0v) is 25.7. The first-order valence-electron chi connectivity index (χ1n) is 14.9. The summed E-state index contributed by atoms with van der Waals surface area (Å²) in [5.41, 5.74) is 6.19. The molecule has 12 heteroatoms. The number of hydrogen-bond donors (Lipinski definition) is 1. The number of anilines is 2. The maximum absolute atomic E-state index is 16.8. The number of halogens is 4. The Bertz CT molecular complexity index is 1710. The molecule has 43 heavy (non-hydrogen) atoms. The van der Waals surface area contributed by atoms with Crippen LogP contribution in [0, 0.1) is 23.5 Å². The Balaban J connectivity index is 1.38. The van der Waals surface area contributed by atoms with Gasteiger partial charge in [-0.3, -0.25) is 4.90 Å². The molecule has 4 aromatic rings. The third kappa shape index (κ3) is 5.07. The molecule has 3 saturated heterocycles. The summed E-state index contributed by atoms with van der Waals surface area (Å²) >= 11 is 7.81. The van der Waals surface area contributed by atoms with Gasteiger partial charge >= 0.3 is 6.01 Å². The minimum absolute atomic E-state index is 0.0462. The summed E-state index contributed by atoms with van der Waals surface area (Å²) < 4.78 is 52.3. The minimum Gasteiger partial charge on any atom is -0.461 e. The van der Waals surface area contributed by atoms with E-state index in [2.05, 4.69) is 33.6 Å². The van der Waals surface area contributed by atoms with E-state index in [1.165, 1.54) is 12.1 Å². The van der Waals surface area contributed by atoms with Crippen molar-refractivity contribution in [3.8, 4) is 17.1 Å². The third-order valence-corrected chi connectivity index (χ3v) is 10.6. The predicted molar refractivity (Wildman–Crippen MR) is 166 cm³/mol. The predicted octanol–water partition coefficient (Wildman–Crippen LogP) is 7.25. The zero-order valence-electron chi connectivity index (χ0n) is 24.2. The largest absolute Gasteiger partial charge is 0.461 e. The smallest absolute Gasteiger partial charge is 0.319 e. The van der Waals surface area contributed by atoms with Gasteiger partial charge in [-0.25, -0.2) is 18.2 Å². The summed E-state index contributed by atoms with van der Waals surface area (Å²) in [4.78, 5) is 18.1. The number of benzene rings is 2. The molecule has 0 saturated carbocycles. The van der Waals surface area contributed by atoms with Crippen LogP contribution in [0.25, 0.3) is 32.2 Å². The van der Waals surface area contributed by atoms with Gasteiger partial charge in [0, 0.05) is 42.6 Å². The number of alkyl halides is 1. The number of nitrogen functional groups attached to an aromatic ring is 1. The molecule has 3 aliphatic heterocycles. The third-order valence-electron chi connectivity index (χ3n) is 9.37. The maximum Gasteiger partial charge on any atom is 0.319 e. The Morgan fingerprint density at radius 3 is 2.63 bits per heavy atom. The van der Waals surface area contributed by atoms with E-state index in [1.807, 2.05) is 0 Å². The first kappa shape index (κ1) is 28.9. The molecule has 0 radical (unpaired) electrons. The van der Waals surface area contributed by atoms with E-state index in [0.29, 0.717) is 41.6 Å². The number of fused-ring (bicyclic) bond motifs is 3. The van der Waals surface area contributed by atoms with Gasteiger partial charge in [0.05, 0.1) is 20.8 Å². The van der Waals surface area contributed by atoms with Crippen molar-refractivity contribution in [3.05, 3.63) is 34.9 Å². The van der Waals surface area contributed by atoms with Crippen molar-refractivity contribution in [2.45, 2.75) is 57.7 Å². The number of ether oxygens (including phenoxy) is 1. The molecule has 0 bridgehead atoms. The summed E-state index contributed by atoms with van der Waals surface area (Å²) in [5.74, 6) is 0.222. The lowest BCUT2D eigenvalue weighted by Gasteiger charge is -2.31. The summed E-state index contributed by atoms with van der Waals surface area (Å²) in [6.45, 7) is 7.37. The first-order valence-corrected chi connectivity index (χ1v) is 16.1. The van der Waals surface area contributed by atoms with E-state index < -0.39 is 23.3 Å². The highest BCUT2D eigenvalue weighted by molar-refractivity contribution is 7.22. The lowest BCUT2D eigenvalue weighted by atomic mass is 9.95. The zero-order chi connectivity index (χ0) is 30.0. The number of rotatable bonds is 5. The van der Waals surface area contributed by atoms with Crippen LogP contribution >= 0.6 is 22.9 Å². The molecule has 0 aliphatic carbocycles. The summed E-state index contributed by atoms with van der Waals surface area (Å²) in [6.07, 6.45) is 3.49. The van der Waals surface area contributed by atoms with Gasteiger partial charge < -0.3 is 15.4 Å². The summed E-state index contributed by atoms with van der Waals surface area (Å²) in [5, 5.41) is 0.784. The lowest BCUT2D eigenvalue weighted by molar-refractivity contribution is 0.107. The van der Waals surface area contributed by atoms with Crippen LogP contribution in [0.2, 0.25) is 5.02 Å². The second-order valence-electron chi connectivity index (χ2n) is 12.7. The molecule has 2 aromatic heterocycles. The van der Waals surface area contributed by atoms with Crippen LogP contribution < -0.4 is 15.4 Å². The Morgan fingerprint density at radius 2 is 1.86 bits per heavy atom. The molecule has 2 N–H and O–H groups in total. The first-order chi connectivity index (χ1) is 20.6. The molecule has 4 atom stereocenters. The summed E-state index contributed by atoms with van der Waals surface area (Å²) in [7, 11) is 0. The second kappa shape index (κ2) is 10.9. The monoisotopic (exact) mass is 630 g/mol. The molecular weight excluding hydrogens is 597 g/mol. The number of nitrogens with two attached hydrogens (primary N) is 1. The maximum atomic E-state index is 16.8. The van der Waals surface area contributed by atoms with Gasteiger partial charge in [-0.2, -0.15) is 9.97 Å². The van der Waals surface area contributed by atoms with E-state index in [0.717, 1.165) is 56.7 Å². The van der Waals surface area contributed by atoms with Gasteiger partial charge in [0.2, 0.25) is 0 Å². The Kier molecular flexibility index (Phi) is 7.33. The van der Waals surface area contributed by atoms with Crippen molar-refractivity contribution in [2.75, 3.05) is 43.4 Å². The Hall–Kier alpha value is -2.89. The second-order valence-corrected chi connectivity index (χ2v) is 14.1. The number of thiazole rings is 1. The van der Waals surface area contributed by atoms with E-state index >= 15 is 4.39 Å². The van der Waals surface area contributed by atoms with Crippen LogP contribution in [0.4, 0.5) is 24.1 Å². The molecule has 7 nitrogen and oxygen atoms in total. The van der Waals surface area contributed by atoms with Crippen LogP contribution in [-0.4, -0.2) is 64.3 Å². The molecular formula is C31H34ClF3N6OS. The van der Waals surface area contributed by atoms with Gasteiger partial charge in [0.1, 0.15) is 29.9 Å². The van der Waals surface area contributed by atoms with Crippen LogP contribution in [0.15, 0.2) is 18.2 Å². The van der Waals surface area contributed by atoms with E-state index in [1.54, 1.807) is 6.07 Å².